The quantitative estimate of drug-likeness (QED) is 0.517. The van der Waals surface area contributed by atoms with Crippen molar-refractivity contribution in [2.45, 2.75) is 18.7 Å². The number of hydrogen-bond acceptors (Lipinski definition) is 7. The van der Waals surface area contributed by atoms with Gasteiger partial charge in [-0.3, -0.25) is 0 Å². The first kappa shape index (κ1) is 19.8. The van der Waals surface area contributed by atoms with Gasteiger partial charge in [0, 0.05) is 5.69 Å². The van der Waals surface area contributed by atoms with E-state index in [0.717, 1.165) is 0 Å². The Morgan fingerprint density at radius 2 is 2.04 bits per heavy atom. The molecule has 3 rings (SSSR count). The molecule has 0 aliphatic carbocycles. The zero-order valence-electron chi connectivity index (χ0n) is 15.7. The van der Waals surface area contributed by atoms with Crippen LogP contribution in [0.25, 0.3) is 11.0 Å². The van der Waals surface area contributed by atoms with Gasteiger partial charge < -0.3 is 15.0 Å². The number of benzene rings is 1. The molecular formula is C18H21N5O4S. The van der Waals surface area contributed by atoms with Crippen molar-refractivity contribution in [2.24, 2.45) is 5.92 Å². The molecule has 0 saturated heterocycles. The molecule has 10 heteroatoms. The number of esters is 1. The van der Waals surface area contributed by atoms with Gasteiger partial charge in [-0.05, 0) is 37.2 Å². The third-order valence-electron chi connectivity index (χ3n) is 3.87. The van der Waals surface area contributed by atoms with Crippen LogP contribution in [0.15, 0.2) is 41.6 Å². The molecule has 0 spiro atoms. The van der Waals surface area contributed by atoms with Crippen LogP contribution >= 0.6 is 0 Å². The van der Waals surface area contributed by atoms with Crippen LogP contribution in [0, 0.1) is 5.92 Å². The van der Waals surface area contributed by atoms with E-state index in [1.807, 2.05) is 13.8 Å². The molecule has 28 heavy (non-hydrogen) atoms. The first-order valence-corrected chi connectivity index (χ1v) is 10.1. The Bertz CT molecular complexity index is 1110. The van der Waals surface area contributed by atoms with E-state index in [1.54, 1.807) is 18.2 Å². The Morgan fingerprint density at radius 3 is 2.75 bits per heavy atom. The number of aromatic nitrogens is 3. The maximum absolute atomic E-state index is 12.2. The Labute approximate surface area is 162 Å². The highest BCUT2D eigenvalue weighted by Gasteiger charge is 2.16. The topological polar surface area (TPSA) is 126 Å². The van der Waals surface area contributed by atoms with Crippen LogP contribution in [0.5, 0.6) is 0 Å². The van der Waals surface area contributed by atoms with E-state index in [4.69, 9.17) is 4.74 Å². The number of carbonyl (C=O) groups is 1. The molecule has 0 bridgehead atoms. The number of sulfonamides is 1. The summed E-state index contributed by atoms with van der Waals surface area (Å²) in [4.78, 5) is 23.6. The van der Waals surface area contributed by atoms with Crippen molar-refractivity contribution in [1.29, 1.82) is 0 Å². The fraction of sp³-hybridized carbons (Fsp3) is 0.278. The number of nitrogens with zero attached hydrogens (tertiary/aromatic N) is 2. The molecule has 2 aromatic heterocycles. The largest absolute Gasteiger partial charge is 0.461 e. The molecule has 0 aliphatic rings. The van der Waals surface area contributed by atoms with Gasteiger partial charge in [0.15, 0.2) is 0 Å². The molecule has 2 heterocycles. The van der Waals surface area contributed by atoms with Crippen LogP contribution in [0.1, 0.15) is 24.3 Å². The van der Waals surface area contributed by atoms with Crippen LogP contribution in [0.3, 0.4) is 0 Å². The van der Waals surface area contributed by atoms with Gasteiger partial charge in [-0.25, -0.2) is 27.9 Å². The summed E-state index contributed by atoms with van der Waals surface area (Å²) in [5, 5.41) is 3.65. The van der Waals surface area contributed by atoms with Crippen molar-refractivity contribution in [1.82, 2.24) is 19.7 Å². The van der Waals surface area contributed by atoms with Gasteiger partial charge in [0.2, 0.25) is 10.0 Å². The molecule has 0 radical (unpaired) electrons. The second kappa shape index (κ2) is 7.95. The number of carbonyl (C=O) groups excluding carboxylic acids is 1. The summed E-state index contributed by atoms with van der Waals surface area (Å²) in [5.74, 6) is 0.189. The zero-order chi connectivity index (χ0) is 20.3. The summed E-state index contributed by atoms with van der Waals surface area (Å²) >= 11 is 0. The lowest BCUT2D eigenvalue weighted by molar-refractivity contribution is 0.0453. The average molecular weight is 403 g/mol. The Kier molecular flexibility index (Phi) is 5.61. The Hall–Kier alpha value is -2.98. The number of nitrogens with one attached hydrogen (secondary N) is 3. The van der Waals surface area contributed by atoms with Gasteiger partial charge in [0.05, 0.1) is 16.9 Å². The normalized spacial score (nSPS) is 11.7. The van der Waals surface area contributed by atoms with Gasteiger partial charge in [0.1, 0.15) is 23.5 Å². The fourth-order valence-corrected chi connectivity index (χ4v) is 3.24. The van der Waals surface area contributed by atoms with Crippen LogP contribution in [0.2, 0.25) is 0 Å². The molecule has 0 amide bonds. The van der Waals surface area contributed by atoms with Crippen molar-refractivity contribution >= 4 is 38.5 Å². The van der Waals surface area contributed by atoms with Crippen LogP contribution in [-0.2, 0) is 14.8 Å². The fourth-order valence-electron chi connectivity index (χ4n) is 2.47. The summed E-state index contributed by atoms with van der Waals surface area (Å²) in [7, 11) is -2.22. The van der Waals surface area contributed by atoms with E-state index < -0.39 is 16.0 Å². The predicted molar refractivity (Wildman–Crippen MR) is 105 cm³/mol. The van der Waals surface area contributed by atoms with Crippen LogP contribution < -0.4 is 10.0 Å². The second-order valence-corrected chi connectivity index (χ2v) is 8.41. The number of ether oxygens (including phenoxy) is 1. The summed E-state index contributed by atoms with van der Waals surface area (Å²) in [6.07, 6.45) is 1.35. The number of fused-ring (bicyclic) bond motifs is 1. The van der Waals surface area contributed by atoms with Gasteiger partial charge in [-0.1, -0.05) is 19.9 Å². The van der Waals surface area contributed by atoms with E-state index in [2.05, 4.69) is 25.0 Å². The maximum Gasteiger partial charge on any atom is 0.354 e. The molecule has 1 aromatic carbocycles. The van der Waals surface area contributed by atoms with Gasteiger partial charge in [0.25, 0.3) is 0 Å². The van der Waals surface area contributed by atoms with E-state index in [0.29, 0.717) is 29.1 Å². The monoisotopic (exact) mass is 403 g/mol. The number of hydrogen-bond donors (Lipinski definition) is 3. The van der Waals surface area contributed by atoms with Crippen LogP contribution in [-0.4, -0.2) is 43.0 Å². The molecule has 148 valence electrons. The van der Waals surface area contributed by atoms with Gasteiger partial charge in [-0.2, -0.15) is 0 Å². The number of rotatable bonds is 7. The molecular weight excluding hydrogens is 382 g/mol. The molecule has 0 aliphatic heterocycles. The zero-order valence-corrected chi connectivity index (χ0v) is 16.5. The summed E-state index contributed by atoms with van der Waals surface area (Å²) in [6.45, 7) is 4.22. The first-order valence-electron chi connectivity index (χ1n) is 8.61. The van der Waals surface area contributed by atoms with E-state index in [1.165, 1.54) is 25.5 Å². The lowest BCUT2D eigenvalue weighted by Gasteiger charge is -2.08. The molecule has 3 N–H and O–H groups in total. The van der Waals surface area contributed by atoms with Gasteiger partial charge >= 0.3 is 5.97 Å². The summed E-state index contributed by atoms with van der Waals surface area (Å²) in [5.41, 5.74) is 1.26. The number of H-pyrrole nitrogens is 1. The Balaban J connectivity index is 1.90. The van der Waals surface area contributed by atoms with E-state index >= 15 is 0 Å². The Morgan fingerprint density at radius 1 is 1.25 bits per heavy atom. The molecule has 0 atom stereocenters. The minimum Gasteiger partial charge on any atom is -0.461 e. The lowest BCUT2D eigenvalue weighted by atomic mass is 10.2. The standard InChI is InChI=1S/C18H21N5O4S/c1-11(2)9-27-18(24)15-8-14-16(20-10-21-17(14)23-15)22-12-5-4-6-13(7-12)28(25,26)19-3/h4-8,10-11,19H,9H2,1-3H3,(H2,20,21,22,23). The van der Waals surface area contributed by atoms with Gasteiger partial charge in [-0.15, -0.1) is 0 Å². The predicted octanol–water partition coefficient (Wildman–Crippen LogP) is 2.42. The average Bonchev–Trinajstić information content (AvgIpc) is 3.12. The first-order chi connectivity index (χ1) is 13.3. The van der Waals surface area contributed by atoms with Crippen molar-refractivity contribution < 1.29 is 17.9 Å². The number of aromatic amines is 1. The maximum atomic E-state index is 12.2. The van der Waals surface area contributed by atoms with Crippen LogP contribution in [0.4, 0.5) is 11.5 Å². The minimum atomic E-state index is -3.57. The van der Waals surface area contributed by atoms with Crippen molar-refractivity contribution in [3.63, 3.8) is 0 Å². The number of anilines is 2. The van der Waals surface area contributed by atoms with Crippen molar-refractivity contribution in [3.8, 4) is 0 Å². The van der Waals surface area contributed by atoms with E-state index in [9.17, 15) is 13.2 Å². The molecule has 0 fully saturated rings. The third kappa shape index (κ3) is 4.29. The van der Waals surface area contributed by atoms with E-state index in [-0.39, 0.29) is 16.5 Å². The molecule has 9 nitrogen and oxygen atoms in total. The molecule has 0 unspecified atom stereocenters. The SMILES string of the molecule is CNS(=O)(=O)c1cccc(Nc2ncnc3[nH]c(C(=O)OCC(C)C)cc23)c1. The third-order valence-corrected chi connectivity index (χ3v) is 5.28. The lowest BCUT2D eigenvalue weighted by Crippen LogP contribution is -2.18. The highest BCUT2D eigenvalue weighted by Crippen LogP contribution is 2.25. The highest BCUT2D eigenvalue weighted by molar-refractivity contribution is 7.89. The summed E-state index contributed by atoms with van der Waals surface area (Å²) in [6, 6.07) is 7.92. The summed E-state index contributed by atoms with van der Waals surface area (Å²) < 4.78 is 31.5. The van der Waals surface area contributed by atoms with Crippen molar-refractivity contribution in [3.05, 3.63) is 42.4 Å². The minimum absolute atomic E-state index is 0.123. The van der Waals surface area contributed by atoms with Crippen molar-refractivity contribution in [2.75, 3.05) is 19.0 Å². The highest BCUT2D eigenvalue weighted by atomic mass is 32.2. The molecule has 0 saturated carbocycles. The second-order valence-electron chi connectivity index (χ2n) is 6.52. The molecule has 3 aromatic rings. The smallest absolute Gasteiger partial charge is 0.354 e.